The molecule has 0 aromatic heterocycles. The summed E-state index contributed by atoms with van der Waals surface area (Å²) < 4.78 is 5.46. The number of hydrogen-bond donors (Lipinski definition) is 2. The molecule has 1 fully saturated rings. The largest absolute Gasteiger partial charge is 0.482 e. The first kappa shape index (κ1) is 16.1. The maximum Gasteiger partial charge on any atom is 0.258 e. The highest BCUT2D eigenvalue weighted by molar-refractivity contribution is 6.32. The summed E-state index contributed by atoms with van der Waals surface area (Å²) in [7, 11) is 0. The maximum absolute atomic E-state index is 11.6. The van der Waals surface area contributed by atoms with Crippen LogP contribution in [0.4, 0.5) is 0 Å². The van der Waals surface area contributed by atoms with Crippen LogP contribution >= 0.6 is 11.6 Å². The van der Waals surface area contributed by atoms with Crippen molar-refractivity contribution in [1.29, 1.82) is 0 Å². The smallest absolute Gasteiger partial charge is 0.258 e. The Morgan fingerprint density at radius 3 is 2.67 bits per heavy atom. The predicted molar refractivity (Wildman–Crippen MR) is 84.7 cm³/mol. The van der Waals surface area contributed by atoms with Crippen molar-refractivity contribution in [3.05, 3.63) is 28.8 Å². The Morgan fingerprint density at radius 2 is 2.10 bits per heavy atom. The molecular formula is C16H23ClN2O2. The Labute approximate surface area is 131 Å². The third-order valence-corrected chi connectivity index (χ3v) is 3.42. The van der Waals surface area contributed by atoms with Crippen molar-refractivity contribution in [2.24, 2.45) is 0 Å². The van der Waals surface area contributed by atoms with E-state index >= 15 is 0 Å². The Hall–Kier alpha value is -1.26. The molecule has 0 heterocycles. The molecule has 0 unspecified atom stereocenters. The van der Waals surface area contributed by atoms with Crippen molar-refractivity contribution in [1.82, 2.24) is 10.6 Å². The first-order valence-electron chi connectivity index (χ1n) is 7.29. The lowest BCUT2D eigenvalue weighted by molar-refractivity contribution is -0.123. The van der Waals surface area contributed by atoms with Crippen molar-refractivity contribution in [2.45, 2.75) is 51.7 Å². The molecule has 1 aliphatic carbocycles. The van der Waals surface area contributed by atoms with E-state index in [4.69, 9.17) is 16.3 Å². The molecule has 0 atom stereocenters. The summed E-state index contributed by atoms with van der Waals surface area (Å²) in [6, 6.07) is 5.99. The molecule has 0 spiro atoms. The number of benzene rings is 1. The molecule has 5 heteroatoms. The van der Waals surface area contributed by atoms with Crippen LogP contribution in [0.25, 0.3) is 0 Å². The van der Waals surface area contributed by atoms with Gasteiger partial charge in [-0.25, -0.2) is 0 Å². The molecule has 0 aliphatic heterocycles. The van der Waals surface area contributed by atoms with Gasteiger partial charge in [0.05, 0.1) is 5.02 Å². The van der Waals surface area contributed by atoms with Gasteiger partial charge in [-0.3, -0.25) is 4.79 Å². The van der Waals surface area contributed by atoms with E-state index in [-0.39, 0.29) is 18.1 Å². The van der Waals surface area contributed by atoms with Gasteiger partial charge in [-0.2, -0.15) is 0 Å². The molecule has 1 amide bonds. The van der Waals surface area contributed by atoms with Crippen molar-refractivity contribution >= 4 is 17.5 Å². The molecule has 4 nitrogen and oxygen atoms in total. The SMILES string of the molecule is CC(C)(C)NCc1ccc(OCC(=O)NC2CC2)c(Cl)c1. The van der Waals surface area contributed by atoms with Gasteiger partial charge >= 0.3 is 0 Å². The standard InChI is InChI=1S/C16H23ClN2O2/c1-16(2,3)18-9-11-4-7-14(13(17)8-11)21-10-15(20)19-12-5-6-12/h4,7-8,12,18H,5-6,9-10H2,1-3H3,(H,19,20). The summed E-state index contributed by atoms with van der Waals surface area (Å²) >= 11 is 6.20. The maximum atomic E-state index is 11.6. The van der Waals surface area contributed by atoms with E-state index in [1.807, 2.05) is 18.2 Å². The Bertz CT molecular complexity index is 507. The minimum absolute atomic E-state index is 0.00973. The molecule has 0 radical (unpaired) electrons. The van der Waals surface area contributed by atoms with Crippen LogP contribution in [0.15, 0.2) is 18.2 Å². The molecule has 1 saturated carbocycles. The molecule has 2 rings (SSSR count). The van der Waals surface area contributed by atoms with Gasteiger partial charge in [0, 0.05) is 18.1 Å². The zero-order valence-electron chi connectivity index (χ0n) is 12.8. The Morgan fingerprint density at radius 1 is 1.38 bits per heavy atom. The number of rotatable bonds is 6. The average molecular weight is 311 g/mol. The summed E-state index contributed by atoms with van der Waals surface area (Å²) in [5, 5.41) is 6.80. The minimum Gasteiger partial charge on any atom is -0.482 e. The molecule has 21 heavy (non-hydrogen) atoms. The molecular weight excluding hydrogens is 288 g/mol. The van der Waals surface area contributed by atoms with Gasteiger partial charge in [-0.15, -0.1) is 0 Å². The second-order valence-electron chi connectivity index (χ2n) is 6.50. The fourth-order valence-electron chi connectivity index (χ4n) is 1.78. The molecule has 116 valence electrons. The normalized spacial score (nSPS) is 14.9. The zero-order valence-corrected chi connectivity index (χ0v) is 13.6. The second-order valence-corrected chi connectivity index (χ2v) is 6.91. The van der Waals surface area contributed by atoms with Crippen molar-refractivity contribution < 1.29 is 9.53 Å². The van der Waals surface area contributed by atoms with Crippen LogP contribution in [0.1, 0.15) is 39.2 Å². The third kappa shape index (κ3) is 5.94. The number of carbonyl (C=O) groups excluding carboxylic acids is 1. The number of ether oxygens (including phenoxy) is 1. The monoisotopic (exact) mass is 310 g/mol. The van der Waals surface area contributed by atoms with Crippen LogP contribution in [0.5, 0.6) is 5.75 Å². The summed E-state index contributed by atoms with van der Waals surface area (Å²) in [4.78, 5) is 11.6. The molecule has 0 bridgehead atoms. The van der Waals surface area contributed by atoms with Crippen LogP contribution in [0.3, 0.4) is 0 Å². The first-order valence-corrected chi connectivity index (χ1v) is 7.67. The lowest BCUT2D eigenvalue weighted by Gasteiger charge is -2.20. The van der Waals surface area contributed by atoms with Crippen molar-refractivity contribution in [3.8, 4) is 5.75 Å². The molecule has 0 saturated heterocycles. The van der Waals surface area contributed by atoms with E-state index in [2.05, 4.69) is 31.4 Å². The zero-order chi connectivity index (χ0) is 15.5. The number of halogens is 1. The molecule has 1 aromatic rings. The van der Waals surface area contributed by atoms with E-state index in [1.165, 1.54) is 0 Å². The summed E-state index contributed by atoms with van der Waals surface area (Å²) in [5.41, 5.74) is 1.15. The molecule has 2 N–H and O–H groups in total. The first-order chi connectivity index (χ1) is 9.83. The van der Waals surface area contributed by atoms with Gasteiger partial charge < -0.3 is 15.4 Å². The summed E-state index contributed by atoms with van der Waals surface area (Å²) in [6.45, 7) is 7.10. The van der Waals surface area contributed by atoms with Gasteiger partial charge in [0.2, 0.25) is 0 Å². The molecule has 1 aliphatic rings. The van der Waals surface area contributed by atoms with Gasteiger partial charge in [0.15, 0.2) is 6.61 Å². The van der Waals surface area contributed by atoms with Gasteiger partial charge in [-0.05, 0) is 51.3 Å². The fourth-order valence-corrected chi connectivity index (χ4v) is 2.04. The predicted octanol–water partition coefficient (Wildman–Crippen LogP) is 2.89. The number of hydrogen-bond acceptors (Lipinski definition) is 3. The highest BCUT2D eigenvalue weighted by Gasteiger charge is 2.23. The second kappa shape index (κ2) is 6.67. The van der Waals surface area contributed by atoms with Crippen LogP contribution in [-0.2, 0) is 11.3 Å². The fraction of sp³-hybridized carbons (Fsp3) is 0.562. The van der Waals surface area contributed by atoms with Crippen LogP contribution in [0, 0.1) is 0 Å². The average Bonchev–Trinajstić information content (AvgIpc) is 3.18. The van der Waals surface area contributed by atoms with Crippen molar-refractivity contribution in [2.75, 3.05) is 6.61 Å². The number of nitrogens with one attached hydrogen (secondary N) is 2. The lowest BCUT2D eigenvalue weighted by atomic mass is 10.1. The van der Waals surface area contributed by atoms with Crippen LogP contribution < -0.4 is 15.4 Å². The van der Waals surface area contributed by atoms with E-state index < -0.39 is 0 Å². The van der Waals surface area contributed by atoms with Crippen LogP contribution in [-0.4, -0.2) is 24.1 Å². The quantitative estimate of drug-likeness (QED) is 0.849. The van der Waals surface area contributed by atoms with Crippen molar-refractivity contribution in [3.63, 3.8) is 0 Å². The topological polar surface area (TPSA) is 50.4 Å². The Kier molecular flexibility index (Phi) is 5.12. The Balaban J connectivity index is 1.84. The van der Waals surface area contributed by atoms with Gasteiger partial charge in [0.25, 0.3) is 5.91 Å². The number of amides is 1. The van der Waals surface area contributed by atoms with Crippen LogP contribution in [0.2, 0.25) is 5.02 Å². The lowest BCUT2D eigenvalue weighted by Crippen LogP contribution is -2.35. The van der Waals surface area contributed by atoms with Gasteiger partial charge in [-0.1, -0.05) is 17.7 Å². The minimum atomic E-state index is -0.0907. The third-order valence-electron chi connectivity index (χ3n) is 3.12. The van der Waals surface area contributed by atoms with E-state index in [1.54, 1.807) is 0 Å². The molecule has 1 aromatic carbocycles. The van der Waals surface area contributed by atoms with E-state index in [9.17, 15) is 4.79 Å². The van der Waals surface area contributed by atoms with E-state index in [0.29, 0.717) is 16.8 Å². The van der Waals surface area contributed by atoms with E-state index in [0.717, 1.165) is 24.9 Å². The highest BCUT2D eigenvalue weighted by atomic mass is 35.5. The highest BCUT2D eigenvalue weighted by Crippen LogP contribution is 2.26. The summed E-state index contributed by atoms with van der Waals surface area (Å²) in [6.07, 6.45) is 2.14. The summed E-state index contributed by atoms with van der Waals surface area (Å²) in [5.74, 6) is 0.453. The number of carbonyl (C=O) groups is 1. The van der Waals surface area contributed by atoms with Gasteiger partial charge in [0.1, 0.15) is 5.75 Å².